The van der Waals surface area contributed by atoms with Gasteiger partial charge in [-0.1, -0.05) is 60.7 Å². The van der Waals surface area contributed by atoms with E-state index in [1.807, 2.05) is 77.5 Å². The minimum atomic E-state index is -0.938. The summed E-state index contributed by atoms with van der Waals surface area (Å²) < 4.78 is 10.8. The summed E-state index contributed by atoms with van der Waals surface area (Å²) in [6.45, 7) is 0.279. The van der Waals surface area contributed by atoms with E-state index in [4.69, 9.17) is 9.47 Å². The summed E-state index contributed by atoms with van der Waals surface area (Å²) in [5.41, 5.74) is 2.86. The number of hydrogen-bond donors (Lipinski definition) is 0. The lowest BCUT2D eigenvalue weighted by atomic mass is 10.0. The van der Waals surface area contributed by atoms with E-state index in [0.717, 1.165) is 16.7 Å². The van der Waals surface area contributed by atoms with Crippen molar-refractivity contribution in [3.63, 3.8) is 0 Å². The first-order valence-corrected chi connectivity index (χ1v) is 10.1. The first kappa shape index (κ1) is 19.8. The second-order valence-electron chi connectivity index (χ2n) is 6.41. The van der Waals surface area contributed by atoms with Crippen LogP contribution in [0.15, 0.2) is 77.5 Å². The Balaban J connectivity index is 1.60. The molecule has 5 heteroatoms. The number of rotatable bonds is 9. The maximum atomic E-state index is 12.6. The third-order valence-corrected chi connectivity index (χ3v) is 5.05. The van der Waals surface area contributed by atoms with Crippen molar-refractivity contribution in [3.05, 3.63) is 94.2 Å². The molecule has 0 fully saturated rings. The number of benzene rings is 2. The summed E-state index contributed by atoms with van der Waals surface area (Å²) in [6, 6.07) is 20.8. The van der Waals surface area contributed by atoms with Gasteiger partial charge in [0.2, 0.25) is 0 Å². The molecule has 0 radical (unpaired) electrons. The fourth-order valence-electron chi connectivity index (χ4n) is 2.74. The topological polar surface area (TPSA) is 52.6 Å². The van der Waals surface area contributed by atoms with Crippen molar-refractivity contribution >= 4 is 23.3 Å². The predicted molar refractivity (Wildman–Crippen MR) is 109 cm³/mol. The number of carbonyl (C=O) groups is 2. The third-order valence-electron chi connectivity index (χ3n) is 4.32. The molecular formula is C23H22O4S. The van der Waals surface area contributed by atoms with Crippen LogP contribution in [0.2, 0.25) is 0 Å². The van der Waals surface area contributed by atoms with Crippen LogP contribution in [0.25, 0.3) is 0 Å². The fourth-order valence-corrected chi connectivity index (χ4v) is 3.44. The monoisotopic (exact) mass is 394 g/mol. The molecule has 1 heterocycles. The van der Waals surface area contributed by atoms with Crippen LogP contribution in [0.3, 0.4) is 0 Å². The van der Waals surface area contributed by atoms with Crippen molar-refractivity contribution in [1.82, 2.24) is 0 Å². The second kappa shape index (κ2) is 10.4. The molecule has 0 saturated heterocycles. The molecule has 0 aliphatic carbocycles. The van der Waals surface area contributed by atoms with Gasteiger partial charge in [0.15, 0.2) is 5.92 Å². The summed E-state index contributed by atoms with van der Waals surface area (Å²) in [7, 11) is 0. The van der Waals surface area contributed by atoms with Crippen molar-refractivity contribution in [1.29, 1.82) is 0 Å². The van der Waals surface area contributed by atoms with Crippen LogP contribution in [-0.4, -0.2) is 11.9 Å². The number of ether oxygens (including phenoxy) is 2. The van der Waals surface area contributed by atoms with E-state index >= 15 is 0 Å². The van der Waals surface area contributed by atoms with Gasteiger partial charge in [-0.05, 0) is 46.4 Å². The minimum absolute atomic E-state index is 0.139. The quantitative estimate of drug-likeness (QED) is 0.387. The molecule has 0 saturated carbocycles. The number of thiophene rings is 1. The Morgan fingerprint density at radius 2 is 1.29 bits per heavy atom. The molecule has 0 aliphatic heterocycles. The molecule has 4 nitrogen and oxygen atoms in total. The zero-order chi connectivity index (χ0) is 19.6. The van der Waals surface area contributed by atoms with Crippen LogP contribution in [0.5, 0.6) is 0 Å². The van der Waals surface area contributed by atoms with Crippen molar-refractivity contribution in [2.45, 2.75) is 26.1 Å². The molecular weight excluding hydrogens is 372 g/mol. The van der Waals surface area contributed by atoms with Gasteiger partial charge < -0.3 is 9.47 Å². The molecule has 0 unspecified atom stereocenters. The smallest absolute Gasteiger partial charge is 0.320 e. The highest BCUT2D eigenvalue weighted by Crippen LogP contribution is 2.17. The van der Waals surface area contributed by atoms with Crippen LogP contribution in [0.4, 0.5) is 0 Å². The molecule has 3 aromatic rings. The van der Waals surface area contributed by atoms with E-state index in [1.54, 1.807) is 11.3 Å². The van der Waals surface area contributed by atoms with Crippen molar-refractivity contribution in [2.75, 3.05) is 0 Å². The van der Waals surface area contributed by atoms with Gasteiger partial charge in [0.1, 0.15) is 13.2 Å². The zero-order valence-electron chi connectivity index (χ0n) is 15.5. The second-order valence-corrected chi connectivity index (χ2v) is 7.19. The minimum Gasteiger partial charge on any atom is -0.460 e. The Labute approximate surface area is 168 Å². The highest BCUT2D eigenvalue weighted by atomic mass is 32.1. The molecule has 28 heavy (non-hydrogen) atoms. The molecule has 0 N–H and O–H groups in total. The molecule has 0 aliphatic rings. The Hall–Kier alpha value is -2.92. The van der Waals surface area contributed by atoms with Crippen LogP contribution in [0.1, 0.15) is 23.1 Å². The maximum Gasteiger partial charge on any atom is 0.320 e. The van der Waals surface area contributed by atoms with Crippen molar-refractivity contribution < 1.29 is 19.1 Å². The van der Waals surface area contributed by atoms with Crippen LogP contribution >= 0.6 is 11.3 Å². The van der Waals surface area contributed by atoms with E-state index in [0.29, 0.717) is 12.8 Å². The summed E-state index contributed by atoms with van der Waals surface area (Å²) in [4.78, 5) is 25.2. The van der Waals surface area contributed by atoms with Crippen LogP contribution < -0.4 is 0 Å². The molecule has 3 rings (SSSR count). The summed E-state index contributed by atoms with van der Waals surface area (Å²) in [5.74, 6) is -2.03. The lowest BCUT2D eigenvalue weighted by molar-refractivity contribution is -0.164. The van der Waals surface area contributed by atoms with E-state index in [9.17, 15) is 9.59 Å². The number of carbonyl (C=O) groups excluding carboxylic acids is 2. The van der Waals surface area contributed by atoms with Gasteiger partial charge in [-0.2, -0.15) is 11.3 Å². The highest BCUT2D eigenvalue weighted by Gasteiger charge is 2.29. The summed E-state index contributed by atoms with van der Waals surface area (Å²) >= 11 is 1.59. The first-order chi connectivity index (χ1) is 13.7. The standard InChI is InChI=1S/C23H22O4S/c24-22(26-15-18-7-3-1-4-8-18)21(12-11-20-13-14-28-17-20)23(25)27-16-19-9-5-2-6-10-19/h1-10,13-14,17,21H,11-12,15-16H2. The average molecular weight is 394 g/mol. The van der Waals surface area contributed by atoms with Gasteiger partial charge in [0, 0.05) is 0 Å². The van der Waals surface area contributed by atoms with Crippen molar-refractivity contribution in [3.8, 4) is 0 Å². The predicted octanol–water partition coefficient (Wildman–Crippen LogP) is 4.78. The van der Waals surface area contributed by atoms with Crippen LogP contribution in [0, 0.1) is 5.92 Å². The molecule has 144 valence electrons. The molecule has 0 spiro atoms. The normalized spacial score (nSPS) is 10.6. The van der Waals surface area contributed by atoms with Crippen molar-refractivity contribution in [2.24, 2.45) is 5.92 Å². The van der Waals surface area contributed by atoms with Gasteiger partial charge in [-0.15, -0.1) is 0 Å². The number of hydrogen-bond acceptors (Lipinski definition) is 5. The van der Waals surface area contributed by atoms with Gasteiger partial charge in [0.25, 0.3) is 0 Å². The van der Waals surface area contributed by atoms with Gasteiger partial charge >= 0.3 is 11.9 Å². The Bertz CT molecular complexity index is 805. The molecule has 0 bridgehead atoms. The lowest BCUT2D eigenvalue weighted by Gasteiger charge is -2.15. The Kier molecular flexibility index (Phi) is 7.38. The summed E-state index contributed by atoms with van der Waals surface area (Å²) in [6.07, 6.45) is 0.979. The van der Waals surface area contributed by atoms with Gasteiger partial charge in [0.05, 0.1) is 0 Å². The van der Waals surface area contributed by atoms with E-state index in [-0.39, 0.29) is 13.2 Å². The SMILES string of the molecule is O=C(OCc1ccccc1)C(CCc1ccsc1)C(=O)OCc1ccccc1. The fraction of sp³-hybridized carbons (Fsp3) is 0.217. The molecule has 1 aromatic heterocycles. The zero-order valence-corrected chi connectivity index (χ0v) is 16.3. The van der Waals surface area contributed by atoms with E-state index < -0.39 is 17.9 Å². The maximum absolute atomic E-state index is 12.6. The van der Waals surface area contributed by atoms with Gasteiger partial charge in [-0.25, -0.2) is 0 Å². The van der Waals surface area contributed by atoms with Crippen LogP contribution in [-0.2, 0) is 38.7 Å². The van der Waals surface area contributed by atoms with E-state index in [2.05, 4.69) is 0 Å². The van der Waals surface area contributed by atoms with E-state index in [1.165, 1.54) is 0 Å². The first-order valence-electron chi connectivity index (χ1n) is 9.14. The molecule has 0 atom stereocenters. The molecule has 0 amide bonds. The average Bonchev–Trinajstić information content (AvgIpc) is 3.26. The highest BCUT2D eigenvalue weighted by molar-refractivity contribution is 7.07. The number of aryl methyl sites for hydroxylation is 1. The number of esters is 2. The largest absolute Gasteiger partial charge is 0.460 e. The molecule has 2 aromatic carbocycles. The summed E-state index contributed by atoms with van der Waals surface area (Å²) in [5, 5.41) is 3.99. The lowest BCUT2D eigenvalue weighted by Crippen LogP contribution is -2.28. The van der Waals surface area contributed by atoms with Gasteiger partial charge in [-0.3, -0.25) is 9.59 Å². The Morgan fingerprint density at radius 3 is 1.75 bits per heavy atom. The Morgan fingerprint density at radius 1 is 0.750 bits per heavy atom. The third kappa shape index (κ3) is 6.06.